The summed E-state index contributed by atoms with van der Waals surface area (Å²) in [7, 11) is 0. The minimum Gasteiger partial charge on any atom is -0.310 e. The quantitative estimate of drug-likeness (QED) is 0.821. The molecule has 106 valence electrons. The lowest BCUT2D eigenvalue weighted by atomic mass is 9.96. The van der Waals surface area contributed by atoms with Crippen molar-refractivity contribution in [3.8, 4) is 0 Å². The molecule has 0 bridgehead atoms. The summed E-state index contributed by atoms with van der Waals surface area (Å²) in [5, 5.41) is 6.46. The number of nitrogens with one attached hydrogen (secondary N) is 1. The summed E-state index contributed by atoms with van der Waals surface area (Å²) in [6, 6.07) is 16.2. The van der Waals surface area contributed by atoms with E-state index in [1.165, 1.54) is 61.3 Å². The van der Waals surface area contributed by atoms with Gasteiger partial charge < -0.3 is 5.32 Å². The first kappa shape index (κ1) is 13.6. The van der Waals surface area contributed by atoms with Gasteiger partial charge in [-0.3, -0.25) is 0 Å². The largest absolute Gasteiger partial charge is 0.310 e. The summed E-state index contributed by atoms with van der Waals surface area (Å²) in [6.45, 7) is 1.01. The summed E-state index contributed by atoms with van der Waals surface area (Å²) >= 11 is 0. The molecule has 2 aromatic rings. The lowest BCUT2D eigenvalue weighted by Crippen LogP contribution is -2.29. The Labute approximate surface area is 122 Å². The summed E-state index contributed by atoms with van der Waals surface area (Å²) in [5.74, 6) is 0. The summed E-state index contributed by atoms with van der Waals surface area (Å²) in [4.78, 5) is 0. The van der Waals surface area contributed by atoms with Crippen molar-refractivity contribution in [1.29, 1.82) is 0 Å². The highest BCUT2D eigenvalue weighted by Crippen LogP contribution is 2.19. The molecule has 1 aliphatic carbocycles. The Morgan fingerprint density at radius 2 is 1.50 bits per heavy atom. The second-order valence-electron chi connectivity index (χ2n) is 6.10. The molecule has 0 aromatic heterocycles. The smallest absolute Gasteiger partial charge is 0.0208 e. The molecular weight excluding hydrogens is 242 g/mol. The maximum Gasteiger partial charge on any atom is 0.0208 e. The van der Waals surface area contributed by atoms with Gasteiger partial charge in [0.05, 0.1) is 0 Å². The molecule has 20 heavy (non-hydrogen) atoms. The van der Waals surface area contributed by atoms with Crippen LogP contribution in [0.2, 0.25) is 0 Å². The van der Waals surface area contributed by atoms with Crippen molar-refractivity contribution < 1.29 is 0 Å². The van der Waals surface area contributed by atoms with Crippen LogP contribution in [-0.2, 0) is 6.54 Å². The molecule has 2 aromatic carbocycles. The molecule has 0 radical (unpaired) electrons. The van der Waals surface area contributed by atoms with Crippen molar-refractivity contribution >= 4 is 10.8 Å². The number of benzene rings is 2. The lowest BCUT2D eigenvalue weighted by Gasteiger charge is -2.21. The Morgan fingerprint density at radius 1 is 0.800 bits per heavy atom. The van der Waals surface area contributed by atoms with Crippen LogP contribution in [0.5, 0.6) is 0 Å². The van der Waals surface area contributed by atoms with Gasteiger partial charge in [0.2, 0.25) is 0 Å². The summed E-state index contributed by atoms with van der Waals surface area (Å²) < 4.78 is 0. The van der Waals surface area contributed by atoms with Crippen LogP contribution in [0.1, 0.15) is 50.5 Å². The van der Waals surface area contributed by atoms with Crippen LogP contribution >= 0.6 is 0 Å². The molecule has 0 spiro atoms. The Hall–Kier alpha value is -1.34. The van der Waals surface area contributed by atoms with Crippen molar-refractivity contribution in [1.82, 2.24) is 5.32 Å². The van der Waals surface area contributed by atoms with E-state index in [2.05, 4.69) is 47.8 Å². The number of hydrogen-bond donors (Lipinski definition) is 1. The van der Waals surface area contributed by atoms with Gasteiger partial charge in [0.1, 0.15) is 0 Å². The molecule has 0 saturated heterocycles. The zero-order valence-corrected chi connectivity index (χ0v) is 12.3. The van der Waals surface area contributed by atoms with Crippen LogP contribution in [0.4, 0.5) is 0 Å². The van der Waals surface area contributed by atoms with Crippen molar-refractivity contribution in [3.05, 3.63) is 48.0 Å². The normalized spacial score (nSPS) is 17.8. The predicted molar refractivity (Wildman–Crippen MR) is 86.9 cm³/mol. The molecule has 1 aliphatic rings. The van der Waals surface area contributed by atoms with Gasteiger partial charge in [-0.1, -0.05) is 68.5 Å². The van der Waals surface area contributed by atoms with Crippen LogP contribution in [0.25, 0.3) is 10.8 Å². The van der Waals surface area contributed by atoms with Crippen LogP contribution < -0.4 is 5.32 Å². The van der Waals surface area contributed by atoms with Gasteiger partial charge in [-0.05, 0) is 35.2 Å². The van der Waals surface area contributed by atoms with E-state index in [4.69, 9.17) is 0 Å². The molecular formula is C19H25N. The van der Waals surface area contributed by atoms with E-state index < -0.39 is 0 Å². The lowest BCUT2D eigenvalue weighted by molar-refractivity contribution is 0.389. The fraction of sp³-hybridized carbons (Fsp3) is 0.474. The second-order valence-corrected chi connectivity index (χ2v) is 6.10. The van der Waals surface area contributed by atoms with Crippen molar-refractivity contribution in [3.63, 3.8) is 0 Å². The topological polar surface area (TPSA) is 12.0 Å². The van der Waals surface area contributed by atoms with Gasteiger partial charge >= 0.3 is 0 Å². The average Bonchev–Trinajstić information content (AvgIpc) is 2.46. The summed E-state index contributed by atoms with van der Waals surface area (Å²) in [5.41, 5.74) is 1.41. The Balaban J connectivity index is 1.60. The number of hydrogen-bond acceptors (Lipinski definition) is 1. The van der Waals surface area contributed by atoms with E-state index in [0.29, 0.717) is 0 Å². The SMILES string of the molecule is c1ccc2cc(CNC3CCCCCCC3)ccc2c1. The van der Waals surface area contributed by atoms with Gasteiger partial charge in [0.15, 0.2) is 0 Å². The van der Waals surface area contributed by atoms with E-state index in [9.17, 15) is 0 Å². The van der Waals surface area contributed by atoms with E-state index in [0.717, 1.165) is 12.6 Å². The highest BCUT2D eigenvalue weighted by Gasteiger charge is 2.10. The van der Waals surface area contributed by atoms with Gasteiger partial charge in [-0.15, -0.1) is 0 Å². The first-order chi connectivity index (χ1) is 9.92. The molecule has 0 amide bonds. The predicted octanol–water partition coefficient (Wildman–Crippen LogP) is 5.04. The monoisotopic (exact) mass is 267 g/mol. The zero-order chi connectivity index (χ0) is 13.6. The minimum absolute atomic E-state index is 0.724. The molecule has 1 saturated carbocycles. The molecule has 0 heterocycles. The van der Waals surface area contributed by atoms with Crippen LogP contribution in [0.3, 0.4) is 0 Å². The molecule has 0 atom stereocenters. The van der Waals surface area contributed by atoms with Crippen LogP contribution in [0, 0.1) is 0 Å². The molecule has 0 unspecified atom stereocenters. The third kappa shape index (κ3) is 3.61. The van der Waals surface area contributed by atoms with E-state index in [1.54, 1.807) is 0 Å². The highest BCUT2D eigenvalue weighted by atomic mass is 14.9. The maximum atomic E-state index is 3.77. The van der Waals surface area contributed by atoms with E-state index >= 15 is 0 Å². The van der Waals surface area contributed by atoms with Crippen LogP contribution in [-0.4, -0.2) is 6.04 Å². The molecule has 1 N–H and O–H groups in total. The number of rotatable bonds is 3. The van der Waals surface area contributed by atoms with Gasteiger partial charge in [-0.2, -0.15) is 0 Å². The van der Waals surface area contributed by atoms with Gasteiger partial charge in [0, 0.05) is 12.6 Å². The van der Waals surface area contributed by atoms with E-state index in [1.807, 2.05) is 0 Å². The van der Waals surface area contributed by atoms with Crippen molar-refractivity contribution in [2.45, 2.75) is 57.5 Å². The van der Waals surface area contributed by atoms with E-state index in [-0.39, 0.29) is 0 Å². The van der Waals surface area contributed by atoms with Crippen molar-refractivity contribution in [2.24, 2.45) is 0 Å². The standard InChI is InChI=1S/C19H25N/c1-2-4-10-19(11-5-3-1)20-15-16-12-13-17-8-6-7-9-18(17)14-16/h6-9,12-14,19-20H,1-5,10-11,15H2. The van der Waals surface area contributed by atoms with Gasteiger partial charge in [0.25, 0.3) is 0 Å². The van der Waals surface area contributed by atoms with Crippen molar-refractivity contribution in [2.75, 3.05) is 0 Å². The van der Waals surface area contributed by atoms with Gasteiger partial charge in [-0.25, -0.2) is 0 Å². The highest BCUT2D eigenvalue weighted by molar-refractivity contribution is 5.82. The molecule has 3 rings (SSSR count). The average molecular weight is 267 g/mol. The summed E-state index contributed by atoms with van der Waals surface area (Å²) in [6.07, 6.45) is 9.80. The molecule has 1 heteroatoms. The Morgan fingerprint density at radius 3 is 2.30 bits per heavy atom. The third-order valence-corrected chi connectivity index (χ3v) is 4.51. The number of fused-ring (bicyclic) bond motifs is 1. The molecule has 1 nitrogen and oxygen atoms in total. The Kier molecular flexibility index (Phi) is 4.70. The first-order valence-corrected chi connectivity index (χ1v) is 8.13. The Bertz CT molecular complexity index is 538. The fourth-order valence-corrected chi connectivity index (χ4v) is 3.27. The first-order valence-electron chi connectivity index (χ1n) is 8.13. The minimum atomic E-state index is 0.724. The fourth-order valence-electron chi connectivity index (χ4n) is 3.27. The zero-order valence-electron chi connectivity index (χ0n) is 12.3. The van der Waals surface area contributed by atoms with Crippen LogP contribution in [0.15, 0.2) is 42.5 Å². The second kappa shape index (κ2) is 6.90. The molecule has 0 aliphatic heterocycles. The maximum absolute atomic E-state index is 3.77. The molecule has 1 fully saturated rings. The third-order valence-electron chi connectivity index (χ3n) is 4.51.